The average Bonchev–Trinajstić information content (AvgIpc) is 2.55. The summed E-state index contributed by atoms with van der Waals surface area (Å²) in [5.41, 5.74) is 1.60. The van der Waals surface area contributed by atoms with Crippen molar-refractivity contribution in [3.63, 3.8) is 0 Å². The van der Waals surface area contributed by atoms with Gasteiger partial charge in [-0.1, -0.05) is 18.2 Å². The predicted octanol–water partition coefficient (Wildman–Crippen LogP) is 3.09. The predicted molar refractivity (Wildman–Crippen MR) is 86.5 cm³/mol. The molecule has 0 saturated heterocycles. The average molecular weight is 316 g/mol. The molecule has 23 heavy (non-hydrogen) atoms. The Kier molecular flexibility index (Phi) is 5.46. The highest BCUT2D eigenvalue weighted by atomic mass is 16.5. The second-order valence-corrected chi connectivity index (χ2v) is 5.09. The first kappa shape index (κ1) is 16.7. The van der Waals surface area contributed by atoms with E-state index in [1.807, 2.05) is 25.1 Å². The van der Waals surface area contributed by atoms with E-state index in [4.69, 9.17) is 14.2 Å². The van der Waals surface area contributed by atoms with E-state index in [-0.39, 0.29) is 6.42 Å². The Morgan fingerprint density at radius 3 is 2.43 bits per heavy atom. The van der Waals surface area contributed by atoms with Crippen LogP contribution in [0.2, 0.25) is 0 Å². The van der Waals surface area contributed by atoms with Gasteiger partial charge in [0.15, 0.2) is 6.10 Å². The van der Waals surface area contributed by atoms with E-state index in [2.05, 4.69) is 0 Å². The maximum absolute atomic E-state index is 11.6. The molecule has 0 aliphatic carbocycles. The molecule has 0 bridgehead atoms. The number of aliphatic carboxylic acids is 1. The first-order valence-electron chi connectivity index (χ1n) is 7.21. The van der Waals surface area contributed by atoms with E-state index in [0.29, 0.717) is 22.8 Å². The summed E-state index contributed by atoms with van der Waals surface area (Å²) in [7, 11) is 3.10. The Hall–Kier alpha value is -2.69. The Bertz CT molecular complexity index is 681. The van der Waals surface area contributed by atoms with Crippen LogP contribution in [0, 0.1) is 6.92 Å². The summed E-state index contributed by atoms with van der Waals surface area (Å²) in [5.74, 6) is 0.770. The number of rotatable bonds is 7. The number of carboxylic acids is 1. The van der Waals surface area contributed by atoms with Crippen LogP contribution in [0.5, 0.6) is 17.2 Å². The summed E-state index contributed by atoms with van der Waals surface area (Å²) in [6, 6.07) is 12.6. The van der Waals surface area contributed by atoms with E-state index in [0.717, 1.165) is 5.56 Å². The van der Waals surface area contributed by atoms with Gasteiger partial charge in [0.2, 0.25) is 0 Å². The fourth-order valence-electron chi connectivity index (χ4n) is 2.26. The van der Waals surface area contributed by atoms with E-state index in [1.165, 1.54) is 0 Å². The first-order chi connectivity index (χ1) is 11.0. The smallest absolute Gasteiger partial charge is 0.345 e. The number of hydrogen-bond acceptors (Lipinski definition) is 4. The molecule has 5 nitrogen and oxygen atoms in total. The highest BCUT2D eigenvalue weighted by molar-refractivity contribution is 5.73. The van der Waals surface area contributed by atoms with Gasteiger partial charge in [-0.25, -0.2) is 4.79 Å². The standard InChI is InChI=1S/C18H20O5/c1-12-6-4-5-7-15(12)23-17(18(19)20)11-13-10-14(21-2)8-9-16(13)22-3/h4-10,17H,11H2,1-3H3,(H,19,20)/t17-/m0/s1. The highest BCUT2D eigenvalue weighted by Crippen LogP contribution is 2.27. The van der Waals surface area contributed by atoms with E-state index >= 15 is 0 Å². The van der Waals surface area contributed by atoms with Gasteiger partial charge in [0.1, 0.15) is 17.2 Å². The molecule has 1 atom stereocenters. The van der Waals surface area contributed by atoms with Crippen molar-refractivity contribution in [1.29, 1.82) is 0 Å². The minimum Gasteiger partial charge on any atom is -0.497 e. The minimum atomic E-state index is -1.03. The number of methoxy groups -OCH3 is 2. The summed E-state index contributed by atoms with van der Waals surface area (Å²) < 4.78 is 16.2. The zero-order valence-corrected chi connectivity index (χ0v) is 13.4. The summed E-state index contributed by atoms with van der Waals surface area (Å²) in [4.78, 5) is 11.6. The van der Waals surface area contributed by atoms with Crippen LogP contribution in [-0.2, 0) is 11.2 Å². The van der Waals surface area contributed by atoms with Gasteiger partial charge in [-0.3, -0.25) is 0 Å². The Morgan fingerprint density at radius 1 is 1.09 bits per heavy atom. The van der Waals surface area contributed by atoms with Crippen LogP contribution in [0.4, 0.5) is 0 Å². The van der Waals surface area contributed by atoms with Crippen LogP contribution in [0.25, 0.3) is 0 Å². The lowest BCUT2D eigenvalue weighted by atomic mass is 10.1. The van der Waals surface area contributed by atoms with Crippen molar-refractivity contribution in [3.05, 3.63) is 53.6 Å². The monoisotopic (exact) mass is 316 g/mol. The maximum atomic E-state index is 11.6. The third-order valence-corrected chi connectivity index (χ3v) is 3.53. The summed E-state index contributed by atoms with van der Waals surface area (Å²) in [6.45, 7) is 1.88. The number of carbonyl (C=O) groups is 1. The zero-order valence-electron chi connectivity index (χ0n) is 13.4. The van der Waals surface area contributed by atoms with Crippen molar-refractivity contribution in [2.75, 3.05) is 14.2 Å². The molecule has 0 amide bonds. The molecule has 0 aliphatic rings. The number of ether oxygens (including phenoxy) is 3. The van der Waals surface area contributed by atoms with Gasteiger partial charge >= 0.3 is 5.97 Å². The molecule has 0 saturated carbocycles. The van der Waals surface area contributed by atoms with Crippen LogP contribution >= 0.6 is 0 Å². The Morgan fingerprint density at radius 2 is 1.83 bits per heavy atom. The molecule has 0 aliphatic heterocycles. The van der Waals surface area contributed by atoms with Gasteiger partial charge in [0.05, 0.1) is 14.2 Å². The minimum absolute atomic E-state index is 0.171. The lowest BCUT2D eigenvalue weighted by Gasteiger charge is -2.18. The molecular weight excluding hydrogens is 296 g/mol. The van der Waals surface area contributed by atoms with Gasteiger partial charge in [-0.2, -0.15) is 0 Å². The van der Waals surface area contributed by atoms with Crippen molar-refractivity contribution in [1.82, 2.24) is 0 Å². The molecule has 0 aromatic heterocycles. The van der Waals surface area contributed by atoms with Crippen LogP contribution < -0.4 is 14.2 Å². The molecule has 0 spiro atoms. The molecule has 2 aromatic rings. The molecule has 122 valence electrons. The van der Waals surface area contributed by atoms with Gasteiger partial charge in [0.25, 0.3) is 0 Å². The number of carboxylic acid groups (broad SMARTS) is 1. The fourth-order valence-corrected chi connectivity index (χ4v) is 2.26. The molecule has 0 unspecified atom stereocenters. The van der Waals surface area contributed by atoms with Gasteiger partial charge in [0, 0.05) is 12.0 Å². The Balaban J connectivity index is 2.26. The molecule has 0 fully saturated rings. The van der Waals surface area contributed by atoms with Crippen LogP contribution in [-0.4, -0.2) is 31.4 Å². The quantitative estimate of drug-likeness (QED) is 0.850. The summed E-state index contributed by atoms with van der Waals surface area (Å²) >= 11 is 0. The Labute approximate surface area is 135 Å². The molecule has 0 radical (unpaired) electrons. The van der Waals surface area contributed by atoms with E-state index in [1.54, 1.807) is 38.5 Å². The third kappa shape index (κ3) is 4.16. The van der Waals surface area contributed by atoms with Gasteiger partial charge in [-0.15, -0.1) is 0 Å². The second-order valence-electron chi connectivity index (χ2n) is 5.09. The molecular formula is C18H20O5. The van der Waals surface area contributed by atoms with Crippen LogP contribution in [0.15, 0.2) is 42.5 Å². The zero-order chi connectivity index (χ0) is 16.8. The SMILES string of the molecule is COc1ccc(OC)c(C[C@H](Oc2ccccc2C)C(=O)O)c1. The third-order valence-electron chi connectivity index (χ3n) is 3.53. The summed E-state index contributed by atoms with van der Waals surface area (Å²) in [6.07, 6.45) is -0.846. The van der Waals surface area contributed by atoms with Crippen LogP contribution in [0.3, 0.4) is 0 Å². The number of benzene rings is 2. The highest BCUT2D eigenvalue weighted by Gasteiger charge is 2.23. The lowest BCUT2D eigenvalue weighted by Crippen LogP contribution is -2.29. The van der Waals surface area contributed by atoms with Crippen LogP contribution in [0.1, 0.15) is 11.1 Å². The number of aryl methyl sites for hydroxylation is 1. The lowest BCUT2D eigenvalue weighted by molar-refractivity contribution is -0.145. The van der Waals surface area contributed by atoms with Crippen molar-refractivity contribution in [2.45, 2.75) is 19.4 Å². The number of hydrogen-bond donors (Lipinski definition) is 1. The van der Waals surface area contributed by atoms with Crippen molar-refractivity contribution in [2.24, 2.45) is 0 Å². The number of para-hydroxylation sites is 1. The van der Waals surface area contributed by atoms with E-state index < -0.39 is 12.1 Å². The topological polar surface area (TPSA) is 65.0 Å². The molecule has 5 heteroatoms. The first-order valence-corrected chi connectivity index (χ1v) is 7.21. The van der Waals surface area contributed by atoms with Gasteiger partial charge < -0.3 is 19.3 Å². The van der Waals surface area contributed by atoms with Crippen molar-refractivity contribution in [3.8, 4) is 17.2 Å². The molecule has 2 rings (SSSR count). The second kappa shape index (κ2) is 7.54. The van der Waals surface area contributed by atoms with Gasteiger partial charge in [-0.05, 0) is 36.8 Å². The van der Waals surface area contributed by atoms with Crippen molar-refractivity contribution >= 4 is 5.97 Å². The molecule has 0 heterocycles. The summed E-state index contributed by atoms with van der Waals surface area (Å²) in [5, 5.41) is 9.48. The molecule has 1 N–H and O–H groups in total. The normalized spacial score (nSPS) is 11.6. The van der Waals surface area contributed by atoms with Crippen molar-refractivity contribution < 1.29 is 24.1 Å². The largest absolute Gasteiger partial charge is 0.497 e. The fraction of sp³-hybridized carbons (Fsp3) is 0.278. The van der Waals surface area contributed by atoms with E-state index in [9.17, 15) is 9.90 Å². The molecule has 2 aromatic carbocycles. The maximum Gasteiger partial charge on any atom is 0.345 e.